The molecule has 0 aliphatic carbocycles. The first-order chi connectivity index (χ1) is 21.4. The van der Waals surface area contributed by atoms with E-state index < -0.39 is 6.04 Å². The van der Waals surface area contributed by atoms with Gasteiger partial charge in [-0.3, -0.25) is 14.5 Å². The molecule has 2 aromatic carbocycles. The van der Waals surface area contributed by atoms with Crippen molar-refractivity contribution in [3.8, 4) is 17.2 Å². The van der Waals surface area contributed by atoms with Crippen LogP contribution in [-0.2, 0) is 22.6 Å². The fraction of sp³-hybridized carbons (Fsp3) is 0.529. The van der Waals surface area contributed by atoms with Crippen LogP contribution in [0.2, 0.25) is 0 Å². The van der Waals surface area contributed by atoms with E-state index in [0.717, 1.165) is 48.0 Å². The Morgan fingerprint density at radius 1 is 0.977 bits per heavy atom. The van der Waals surface area contributed by atoms with E-state index in [9.17, 15) is 9.59 Å². The van der Waals surface area contributed by atoms with E-state index in [1.54, 1.807) is 33.3 Å². The van der Waals surface area contributed by atoms with Crippen LogP contribution in [0.1, 0.15) is 43.2 Å². The lowest BCUT2D eigenvalue weighted by atomic mass is 10.00. The standard InChI is InChI=1S/C34H47N5O5/c1-37(22-24-18-30(42-2)33(44-4)31(19-24)43-3)34(41)29(20-25-21-35-28-11-7-6-10-27(25)28)36-32(40)23-38-16-12-26(13-17-38)39-14-8-5-9-15-39/h6-7,10-11,18-19,21,26,29,35H,5,8-9,12-17,20,22-23H2,1-4H3,(H,36,40). The number of amides is 2. The number of nitrogens with one attached hydrogen (secondary N) is 2. The Morgan fingerprint density at radius 2 is 1.66 bits per heavy atom. The summed E-state index contributed by atoms with van der Waals surface area (Å²) in [6.07, 6.45) is 8.41. The number of likely N-dealkylation sites (N-methyl/N-ethyl adjacent to an activating group) is 1. The summed E-state index contributed by atoms with van der Waals surface area (Å²) in [5.41, 5.74) is 2.81. The molecule has 0 saturated carbocycles. The minimum atomic E-state index is -0.723. The molecule has 0 bridgehead atoms. The summed E-state index contributed by atoms with van der Waals surface area (Å²) in [5.74, 6) is 1.25. The van der Waals surface area contributed by atoms with Gasteiger partial charge in [-0.05, 0) is 68.1 Å². The van der Waals surface area contributed by atoms with E-state index in [2.05, 4.69) is 20.1 Å². The molecular formula is C34H47N5O5. The number of carbonyl (C=O) groups excluding carboxylic acids is 2. The summed E-state index contributed by atoms with van der Waals surface area (Å²) in [6, 6.07) is 11.6. The van der Waals surface area contributed by atoms with Crippen molar-refractivity contribution in [3.05, 3.63) is 53.7 Å². The van der Waals surface area contributed by atoms with Gasteiger partial charge in [0.1, 0.15) is 6.04 Å². The van der Waals surface area contributed by atoms with E-state index in [0.29, 0.717) is 42.8 Å². The summed E-state index contributed by atoms with van der Waals surface area (Å²) in [7, 11) is 6.45. The first-order valence-electron chi connectivity index (χ1n) is 15.7. The van der Waals surface area contributed by atoms with Crippen molar-refractivity contribution in [1.82, 2.24) is 25.0 Å². The van der Waals surface area contributed by atoms with Gasteiger partial charge in [0.2, 0.25) is 17.6 Å². The van der Waals surface area contributed by atoms with Crippen LogP contribution >= 0.6 is 0 Å². The van der Waals surface area contributed by atoms with Crippen molar-refractivity contribution in [2.75, 3.05) is 61.1 Å². The molecule has 2 saturated heterocycles. The van der Waals surface area contributed by atoms with Gasteiger partial charge in [0, 0.05) is 56.2 Å². The van der Waals surface area contributed by atoms with Gasteiger partial charge in [0.15, 0.2) is 11.5 Å². The molecule has 10 nitrogen and oxygen atoms in total. The quantitative estimate of drug-likeness (QED) is 0.324. The number of methoxy groups -OCH3 is 3. The van der Waals surface area contributed by atoms with Crippen LogP contribution in [0.3, 0.4) is 0 Å². The van der Waals surface area contributed by atoms with Crippen molar-refractivity contribution in [2.24, 2.45) is 0 Å². The molecule has 2 N–H and O–H groups in total. The molecule has 44 heavy (non-hydrogen) atoms. The summed E-state index contributed by atoms with van der Waals surface area (Å²) >= 11 is 0. The molecule has 3 aromatic rings. The Balaban J connectivity index is 1.27. The maximum Gasteiger partial charge on any atom is 0.245 e. The number of hydrogen-bond donors (Lipinski definition) is 2. The highest BCUT2D eigenvalue weighted by Gasteiger charge is 2.29. The monoisotopic (exact) mass is 605 g/mol. The molecule has 1 unspecified atom stereocenters. The summed E-state index contributed by atoms with van der Waals surface area (Å²) in [4.78, 5) is 37.2. The predicted octanol–water partition coefficient (Wildman–Crippen LogP) is 3.83. The molecule has 2 aliphatic heterocycles. The van der Waals surface area contributed by atoms with Crippen LogP contribution < -0.4 is 19.5 Å². The number of likely N-dealkylation sites (tertiary alicyclic amines) is 2. The average Bonchev–Trinajstić information content (AvgIpc) is 3.46. The maximum atomic E-state index is 14.0. The van der Waals surface area contributed by atoms with Gasteiger partial charge in [0.05, 0.1) is 27.9 Å². The van der Waals surface area contributed by atoms with Gasteiger partial charge in [-0.15, -0.1) is 0 Å². The zero-order valence-corrected chi connectivity index (χ0v) is 26.6. The highest BCUT2D eigenvalue weighted by Crippen LogP contribution is 2.38. The molecule has 0 radical (unpaired) electrons. The number of H-pyrrole nitrogens is 1. The molecule has 238 valence electrons. The number of aromatic amines is 1. The van der Waals surface area contributed by atoms with Crippen LogP contribution in [-0.4, -0.2) is 105 Å². The number of carbonyl (C=O) groups is 2. The minimum Gasteiger partial charge on any atom is -0.493 e. The van der Waals surface area contributed by atoms with Gasteiger partial charge < -0.3 is 34.3 Å². The minimum absolute atomic E-state index is 0.124. The number of aromatic nitrogens is 1. The van der Waals surface area contributed by atoms with E-state index in [4.69, 9.17) is 14.2 Å². The van der Waals surface area contributed by atoms with Gasteiger partial charge in [0.25, 0.3) is 0 Å². The third-order valence-electron chi connectivity index (χ3n) is 9.08. The third-order valence-corrected chi connectivity index (χ3v) is 9.08. The maximum absolute atomic E-state index is 14.0. The fourth-order valence-corrected chi connectivity index (χ4v) is 6.73. The second kappa shape index (κ2) is 14.8. The second-order valence-electron chi connectivity index (χ2n) is 12.0. The normalized spacial score (nSPS) is 17.3. The van der Waals surface area contributed by atoms with Gasteiger partial charge in [-0.25, -0.2) is 0 Å². The van der Waals surface area contributed by atoms with E-state index >= 15 is 0 Å². The number of nitrogens with zero attached hydrogens (tertiary/aromatic N) is 3. The van der Waals surface area contributed by atoms with Crippen molar-refractivity contribution >= 4 is 22.7 Å². The van der Waals surface area contributed by atoms with Crippen molar-refractivity contribution in [2.45, 2.75) is 57.2 Å². The zero-order chi connectivity index (χ0) is 31.1. The highest BCUT2D eigenvalue weighted by atomic mass is 16.5. The van der Waals surface area contributed by atoms with Crippen LogP contribution in [0.5, 0.6) is 17.2 Å². The summed E-state index contributed by atoms with van der Waals surface area (Å²) in [6.45, 7) is 4.80. The number of rotatable bonds is 12. The van der Waals surface area contributed by atoms with Crippen LogP contribution in [0, 0.1) is 0 Å². The Hall–Kier alpha value is -3.76. The molecule has 10 heteroatoms. The van der Waals surface area contributed by atoms with Crippen LogP contribution in [0.4, 0.5) is 0 Å². The number of para-hydroxylation sites is 1. The van der Waals surface area contributed by atoms with Gasteiger partial charge in [-0.1, -0.05) is 24.6 Å². The van der Waals surface area contributed by atoms with Crippen molar-refractivity contribution in [3.63, 3.8) is 0 Å². The first kappa shape index (κ1) is 31.7. The Bertz CT molecular complexity index is 1390. The topological polar surface area (TPSA) is 99.4 Å². The first-order valence-corrected chi connectivity index (χ1v) is 15.7. The van der Waals surface area contributed by atoms with Gasteiger partial charge >= 0.3 is 0 Å². The molecule has 3 heterocycles. The molecule has 2 aliphatic rings. The molecule has 2 fully saturated rings. The summed E-state index contributed by atoms with van der Waals surface area (Å²) in [5, 5.41) is 4.15. The van der Waals surface area contributed by atoms with Crippen LogP contribution in [0.25, 0.3) is 10.9 Å². The lowest BCUT2D eigenvalue weighted by Crippen LogP contribution is -2.52. The van der Waals surface area contributed by atoms with Crippen LogP contribution in [0.15, 0.2) is 42.6 Å². The fourth-order valence-electron chi connectivity index (χ4n) is 6.73. The smallest absolute Gasteiger partial charge is 0.245 e. The molecule has 0 spiro atoms. The zero-order valence-electron chi connectivity index (χ0n) is 26.6. The lowest BCUT2D eigenvalue weighted by Gasteiger charge is -2.40. The van der Waals surface area contributed by atoms with Gasteiger partial charge in [-0.2, -0.15) is 0 Å². The SMILES string of the molecule is COc1cc(CN(C)C(=O)C(Cc2c[nH]c3ccccc23)NC(=O)CN2CCC(N3CCCCC3)CC2)cc(OC)c1OC. The van der Waals surface area contributed by atoms with E-state index in [-0.39, 0.29) is 11.8 Å². The average molecular weight is 606 g/mol. The molecular weight excluding hydrogens is 558 g/mol. The Labute approximate surface area is 260 Å². The number of hydrogen-bond acceptors (Lipinski definition) is 7. The molecule has 2 amide bonds. The summed E-state index contributed by atoms with van der Waals surface area (Å²) < 4.78 is 16.5. The predicted molar refractivity (Wildman–Crippen MR) is 171 cm³/mol. The Kier molecular flexibility index (Phi) is 10.7. The lowest BCUT2D eigenvalue weighted by molar-refractivity contribution is -0.136. The number of fused-ring (bicyclic) bond motifs is 1. The highest BCUT2D eigenvalue weighted by molar-refractivity contribution is 5.90. The Morgan fingerprint density at radius 3 is 2.32 bits per heavy atom. The number of ether oxygens (including phenoxy) is 3. The largest absolute Gasteiger partial charge is 0.493 e. The number of benzene rings is 2. The van der Waals surface area contributed by atoms with E-state index in [1.165, 1.54) is 32.4 Å². The van der Waals surface area contributed by atoms with E-state index in [1.807, 2.05) is 42.6 Å². The molecule has 1 atom stereocenters. The third kappa shape index (κ3) is 7.47. The van der Waals surface area contributed by atoms with Crippen molar-refractivity contribution in [1.29, 1.82) is 0 Å². The van der Waals surface area contributed by atoms with Crippen molar-refractivity contribution < 1.29 is 23.8 Å². The second-order valence-corrected chi connectivity index (χ2v) is 12.0. The molecule has 5 rings (SSSR count). The number of piperidine rings is 2. The molecule has 1 aromatic heterocycles.